The largest absolute Gasteiger partial charge is 0.504 e. The molecule has 1 atom stereocenters. The van der Waals surface area contributed by atoms with E-state index in [0.717, 1.165) is 11.1 Å². The molecule has 0 heterocycles. The number of benzene rings is 2. The van der Waals surface area contributed by atoms with Crippen LogP contribution in [0.1, 0.15) is 17.2 Å². The van der Waals surface area contributed by atoms with Gasteiger partial charge >= 0.3 is 0 Å². The van der Waals surface area contributed by atoms with E-state index in [4.69, 9.17) is 4.74 Å². The average molecular weight is 273 g/mol. The van der Waals surface area contributed by atoms with Crippen LogP contribution < -0.4 is 10.1 Å². The minimum atomic E-state index is -0.115. The highest BCUT2D eigenvalue weighted by Gasteiger charge is 2.10. The number of aliphatic hydroxyl groups is 1. The van der Waals surface area contributed by atoms with Crippen molar-refractivity contribution < 1.29 is 14.9 Å². The molecule has 2 aromatic carbocycles. The van der Waals surface area contributed by atoms with Crippen LogP contribution in [0.5, 0.6) is 11.5 Å². The SMILES string of the molecule is COc1cc(CN[C@H](CO)c2ccccc2)ccc1O. The summed E-state index contributed by atoms with van der Waals surface area (Å²) in [5, 5.41) is 22.3. The summed E-state index contributed by atoms with van der Waals surface area (Å²) in [5.41, 5.74) is 2.02. The van der Waals surface area contributed by atoms with Crippen LogP contribution in [0, 0.1) is 0 Å². The van der Waals surface area contributed by atoms with Crippen LogP contribution in [-0.4, -0.2) is 23.9 Å². The summed E-state index contributed by atoms with van der Waals surface area (Å²) in [4.78, 5) is 0. The van der Waals surface area contributed by atoms with E-state index in [1.807, 2.05) is 36.4 Å². The Kier molecular flexibility index (Phi) is 4.98. The van der Waals surface area contributed by atoms with Gasteiger partial charge in [-0.1, -0.05) is 36.4 Å². The van der Waals surface area contributed by atoms with Crippen LogP contribution in [0.4, 0.5) is 0 Å². The zero-order valence-electron chi connectivity index (χ0n) is 11.4. The summed E-state index contributed by atoms with van der Waals surface area (Å²) in [7, 11) is 1.52. The van der Waals surface area contributed by atoms with Crippen molar-refractivity contribution in [2.75, 3.05) is 13.7 Å². The van der Waals surface area contributed by atoms with Crippen LogP contribution in [0.3, 0.4) is 0 Å². The quantitative estimate of drug-likeness (QED) is 0.755. The number of aliphatic hydroxyl groups excluding tert-OH is 1. The summed E-state index contributed by atoms with van der Waals surface area (Å²) < 4.78 is 5.08. The minimum Gasteiger partial charge on any atom is -0.504 e. The lowest BCUT2D eigenvalue weighted by Crippen LogP contribution is -2.23. The van der Waals surface area contributed by atoms with Gasteiger partial charge in [-0.2, -0.15) is 0 Å². The van der Waals surface area contributed by atoms with Crippen LogP contribution in [-0.2, 0) is 6.54 Å². The number of phenolic OH excluding ortho intramolecular Hbond substituents is 1. The first kappa shape index (κ1) is 14.4. The van der Waals surface area contributed by atoms with Gasteiger partial charge in [-0.25, -0.2) is 0 Å². The predicted molar refractivity (Wildman–Crippen MR) is 77.8 cm³/mol. The second-order valence-corrected chi connectivity index (χ2v) is 4.53. The van der Waals surface area contributed by atoms with Crippen LogP contribution in [0.2, 0.25) is 0 Å². The molecule has 0 radical (unpaired) electrons. The van der Waals surface area contributed by atoms with Gasteiger partial charge < -0.3 is 20.3 Å². The minimum absolute atomic E-state index is 0.0270. The van der Waals surface area contributed by atoms with Crippen molar-refractivity contribution in [1.82, 2.24) is 5.32 Å². The van der Waals surface area contributed by atoms with Crippen LogP contribution in [0.15, 0.2) is 48.5 Å². The Balaban J connectivity index is 2.03. The molecule has 0 aliphatic rings. The highest BCUT2D eigenvalue weighted by Crippen LogP contribution is 2.26. The molecule has 0 saturated carbocycles. The summed E-state index contributed by atoms with van der Waals surface area (Å²) in [6, 6.07) is 14.9. The summed E-state index contributed by atoms with van der Waals surface area (Å²) in [6.07, 6.45) is 0. The number of rotatable bonds is 6. The molecule has 3 N–H and O–H groups in total. The van der Waals surface area contributed by atoms with Crippen molar-refractivity contribution in [2.45, 2.75) is 12.6 Å². The lowest BCUT2D eigenvalue weighted by atomic mass is 10.1. The third kappa shape index (κ3) is 3.50. The molecular formula is C16H19NO3. The van der Waals surface area contributed by atoms with Crippen molar-refractivity contribution in [2.24, 2.45) is 0 Å². The molecule has 0 fully saturated rings. The van der Waals surface area contributed by atoms with Crippen molar-refractivity contribution in [3.63, 3.8) is 0 Å². The van der Waals surface area contributed by atoms with Crippen molar-refractivity contribution >= 4 is 0 Å². The first-order valence-electron chi connectivity index (χ1n) is 6.49. The number of methoxy groups -OCH3 is 1. The topological polar surface area (TPSA) is 61.7 Å². The average Bonchev–Trinajstić information content (AvgIpc) is 2.50. The van der Waals surface area contributed by atoms with E-state index in [9.17, 15) is 10.2 Å². The normalized spacial score (nSPS) is 12.1. The Labute approximate surface area is 118 Å². The molecule has 0 aromatic heterocycles. The first-order valence-corrected chi connectivity index (χ1v) is 6.49. The fourth-order valence-electron chi connectivity index (χ4n) is 2.05. The monoisotopic (exact) mass is 273 g/mol. The smallest absolute Gasteiger partial charge is 0.160 e. The Morgan fingerprint density at radius 2 is 1.90 bits per heavy atom. The van der Waals surface area contributed by atoms with E-state index in [0.29, 0.717) is 12.3 Å². The number of ether oxygens (including phenoxy) is 1. The number of aromatic hydroxyl groups is 1. The number of phenols is 1. The van der Waals surface area contributed by atoms with Gasteiger partial charge in [0.2, 0.25) is 0 Å². The van der Waals surface area contributed by atoms with Gasteiger partial charge in [0.15, 0.2) is 11.5 Å². The van der Waals surface area contributed by atoms with Gasteiger partial charge in [0, 0.05) is 6.54 Å². The third-order valence-corrected chi connectivity index (χ3v) is 3.18. The lowest BCUT2D eigenvalue weighted by molar-refractivity contribution is 0.243. The maximum atomic E-state index is 9.55. The van der Waals surface area contributed by atoms with Gasteiger partial charge in [0.1, 0.15) is 0 Å². The molecule has 20 heavy (non-hydrogen) atoms. The Morgan fingerprint density at radius 1 is 1.15 bits per heavy atom. The molecule has 0 unspecified atom stereocenters. The highest BCUT2D eigenvalue weighted by atomic mass is 16.5. The molecule has 0 amide bonds. The number of hydrogen-bond acceptors (Lipinski definition) is 4. The molecule has 2 rings (SSSR count). The molecule has 0 saturated heterocycles. The van der Waals surface area contributed by atoms with E-state index in [-0.39, 0.29) is 18.4 Å². The fraction of sp³-hybridized carbons (Fsp3) is 0.250. The van der Waals surface area contributed by atoms with Gasteiger partial charge in [0.25, 0.3) is 0 Å². The van der Waals surface area contributed by atoms with Gasteiger partial charge in [-0.05, 0) is 23.3 Å². The molecular weight excluding hydrogens is 254 g/mol. The first-order chi connectivity index (χ1) is 9.74. The van der Waals surface area contributed by atoms with E-state index >= 15 is 0 Å². The molecule has 4 nitrogen and oxygen atoms in total. The number of hydrogen-bond donors (Lipinski definition) is 3. The summed E-state index contributed by atoms with van der Waals surface area (Å²) in [6.45, 7) is 0.607. The molecule has 106 valence electrons. The van der Waals surface area contributed by atoms with E-state index in [2.05, 4.69) is 5.32 Å². The standard InChI is InChI=1S/C16H19NO3/c1-20-16-9-12(7-8-15(16)19)10-17-14(11-18)13-5-3-2-4-6-13/h2-9,14,17-19H,10-11H2,1H3/t14-/m1/s1. The molecule has 2 aromatic rings. The van der Waals surface area contributed by atoms with Gasteiger partial charge in [0.05, 0.1) is 19.8 Å². The van der Waals surface area contributed by atoms with E-state index < -0.39 is 0 Å². The van der Waals surface area contributed by atoms with Gasteiger partial charge in [-0.15, -0.1) is 0 Å². The molecule has 4 heteroatoms. The highest BCUT2D eigenvalue weighted by molar-refractivity contribution is 5.41. The zero-order valence-corrected chi connectivity index (χ0v) is 11.4. The summed E-state index contributed by atoms with van der Waals surface area (Å²) >= 11 is 0. The molecule has 0 aliphatic carbocycles. The number of nitrogens with one attached hydrogen (secondary N) is 1. The van der Waals surface area contributed by atoms with Crippen molar-refractivity contribution in [1.29, 1.82) is 0 Å². The molecule has 0 aliphatic heterocycles. The van der Waals surface area contributed by atoms with E-state index in [1.54, 1.807) is 12.1 Å². The molecule has 0 bridgehead atoms. The Morgan fingerprint density at radius 3 is 2.55 bits per heavy atom. The van der Waals surface area contributed by atoms with Crippen molar-refractivity contribution in [3.05, 3.63) is 59.7 Å². The van der Waals surface area contributed by atoms with Gasteiger partial charge in [-0.3, -0.25) is 0 Å². The fourth-order valence-corrected chi connectivity index (χ4v) is 2.05. The van der Waals surface area contributed by atoms with Crippen LogP contribution in [0.25, 0.3) is 0 Å². The van der Waals surface area contributed by atoms with Crippen LogP contribution >= 0.6 is 0 Å². The van der Waals surface area contributed by atoms with E-state index in [1.165, 1.54) is 7.11 Å². The predicted octanol–water partition coefficient (Wildman–Crippen LogP) is 2.22. The lowest BCUT2D eigenvalue weighted by Gasteiger charge is -2.17. The zero-order chi connectivity index (χ0) is 14.4. The third-order valence-electron chi connectivity index (χ3n) is 3.18. The van der Waals surface area contributed by atoms with Crippen molar-refractivity contribution in [3.8, 4) is 11.5 Å². The maximum absolute atomic E-state index is 9.55. The summed E-state index contributed by atoms with van der Waals surface area (Å²) in [5.74, 6) is 0.572. The maximum Gasteiger partial charge on any atom is 0.160 e. The second-order valence-electron chi connectivity index (χ2n) is 4.53. The second kappa shape index (κ2) is 6.93. The Hall–Kier alpha value is -2.04. The molecule has 0 spiro atoms. The Bertz CT molecular complexity index is 543.